The van der Waals surface area contributed by atoms with Crippen LogP contribution in [0, 0.1) is 0 Å². The minimum absolute atomic E-state index is 0.408. The minimum Gasteiger partial charge on any atom is -0.507 e. The smallest absolute Gasteiger partial charge is 0.343 e. The lowest BCUT2D eigenvalue weighted by Gasteiger charge is -2.23. The Hall–Kier alpha value is -2.73. The first-order valence-corrected chi connectivity index (χ1v) is 6.29. The number of ether oxygens (including phenoxy) is 1. The number of rotatable bonds is 7. The lowest BCUT2D eigenvalue weighted by atomic mass is 10.0. The van der Waals surface area contributed by atoms with Crippen molar-refractivity contribution < 1.29 is 54.9 Å². The van der Waals surface area contributed by atoms with Crippen molar-refractivity contribution >= 4 is 17.9 Å². The Kier molecular flexibility index (Phi) is 6.20. The summed E-state index contributed by atoms with van der Waals surface area (Å²) < 4.78 is 4.57. The summed E-state index contributed by atoms with van der Waals surface area (Å²) in [6, 6.07) is 2.65. The number of carbonyl (C=O) groups excluding carboxylic acids is 1. The summed E-state index contributed by atoms with van der Waals surface area (Å²) in [5, 5.41) is 64.0. The molecular formula is C13H14O11. The number of carboxylic acids is 2. The average Bonchev–Trinajstić information content (AvgIpc) is 2.53. The quantitative estimate of drug-likeness (QED) is 0.203. The van der Waals surface area contributed by atoms with Crippen molar-refractivity contribution in [1.29, 1.82) is 0 Å². The highest BCUT2D eigenvalue weighted by Crippen LogP contribution is 2.23. The monoisotopic (exact) mass is 346 g/mol. The van der Waals surface area contributed by atoms with E-state index in [1.54, 1.807) is 0 Å². The van der Waals surface area contributed by atoms with Crippen LogP contribution < -0.4 is 4.74 Å². The number of aromatic hydroxyl groups is 1. The minimum atomic E-state index is -2.46. The van der Waals surface area contributed by atoms with E-state index >= 15 is 0 Å². The third-order valence-electron chi connectivity index (χ3n) is 2.91. The second-order valence-electron chi connectivity index (χ2n) is 4.61. The van der Waals surface area contributed by atoms with Gasteiger partial charge < -0.3 is 40.5 Å². The van der Waals surface area contributed by atoms with E-state index in [4.69, 9.17) is 15.3 Å². The van der Waals surface area contributed by atoms with Gasteiger partial charge in [0, 0.05) is 0 Å². The molecule has 0 spiro atoms. The molecule has 132 valence electrons. The summed E-state index contributed by atoms with van der Waals surface area (Å²) in [5.41, 5.74) is -0.600. The summed E-state index contributed by atoms with van der Waals surface area (Å²) in [7, 11) is 0. The molecule has 0 aliphatic heterocycles. The largest absolute Gasteiger partial charge is 0.507 e. The molecule has 11 heteroatoms. The molecule has 0 bridgehead atoms. The van der Waals surface area contributed by atoms with Crippen molar-refractivity contribution in [2.24, 2.45) is 0 Å². The van der Waals surface area contributed by atoms with Gasteiger partial charge in [-0.25, -0.2) is 14.4 Å². The van der Waals surface area contributed by atoms with Crippen LogP contribution >= 0.6 is 0 Å². The Morgan fingerprint density at radius 1 is 0.917 bits per heavy atom. The van der Waals surface area contributed by atoms with Crippen LogP contribution in [0.25, 0.3) is 0 Å². The number of phenols is 1. The zero-order valence-electron chi connectivity index (χ0n) is 11.8. The lowest BCUT2D eigenvalue weighted by molar-refractivity contribution is -0.171. The first kappa shape index (κ1) is 19.3. The van der Waals surface area contributed by atoms with Crippen LogP contribution in [0.1, 0.15) is 10.4 Å². The number of carbonyl (C=O) groups is 3. The highest BCUT2D eigenvalue weighted by atomic mass is 16.6. The van der Waals surface area contributed by atoms with Gasteiger partial charge in [0.1, 0.15) is 29.3 Å². The van der Waals surface area contributed by atoms with Crippen LogP contribution in [-0.4, -0.2) is 78.1 Å². The fourth-order valence-electron chi connectivity index (χ4n) is 1.59. The van der Waals surface area contributed by atoms with Gasteiger partial charge in [0.05, 0.1) is 0 Å². The molecule has 0 aliphatic rings. The predicted octanol–water partition coefficient (Wildman–Crippen LogP) is -2.48. The number of carboxylic acid groups (broad SMARTS) is 2. The molecule has 1 rings (SSSR count). The fraction of sp³-hybridized carbons (Fsp3) is 0.308. The molecule has 1 aromatic rings. The molecule has 0 unspecified atom stereocenters. The molecule has 0 saturated heterocycles. The Morgan fingerprint density at radius 2 is 1.46 bits per heavy atom. The lowest BCUT2D eigenvalue weighted by Crippen LogP contribution is -2.50. The molecule has 0 heterocycles. The van der Waals surface area contributed by atoms with Gasteiger partial charge in [0.25, 0.3) is 0 Å². The molecule has 7 N–H and O–H groups in total. The van der Waals surface area contributed by atoms with E-state index in [0.29, 0.717) is 0 Å². The van der Waals surface area contributed by atoms with Gasteiger partial charge in [-0.1, -0.05) is 0 Å². The van der Waals surface area contributed by atoms with Gasteiger partial charge in [-0.2, -0.15) is 0 Å². The average molecular weight is 346 g/mol. The fourth-order valence-corrected chi connectivity index (χ4v) is 1.59. The summed E-state index contributed by atoms with van der Waals surface area (Å²) in [6.45, 7) is 0. The Bertz CT molecular complexity index is 641. The molecule has 1 aromatic carbocycles. The molecule has 0 radical (unpaired) electrons. The van der Waals surface area contributed by atoms with E-state index in [-0.39, 0.29) is 0 Å². The number of benzene rings is 1. The van der Waals surface area contributed by atoms with Gasteiger partial charge in [0.15, 0.2) is 12.2 Å². The number of aliphatic hydroxyl groups is 4. The van der Waals surface area contributed by atoms with Gasteiger partial charge in [0.2, 0.25) is 0 Å². The normalized spacial score (nSPS) is 15.8. The van der Waals surface area contributed by atoms with Crippen molar-refractivity contribution in [2.75, 3.05) is 0 Å². The van der Waals surface area contributed by atoms with Crippen molar-refractivity contribution in [3.63, 3.8) is 0 Å². The third kappa shape index (κ3) is 4.39. The van der Waals surface area contributed by atoms with Gasteiger partial charge in [-0.3, -0.25) is 0 Å². The molecule has 24 heavy (non-hydrogen) atoms. The van der Waals surface area contributed by atoms with E-state index in [1.165, 1.54) is 0 Å². The zero-order valence-corrected chi connectivity index (χ0v) is 11.8. The van der Waals surface area contributed by atoms with Gasteiger partial charge in [-0.05, 0) is 18.2 Å². The topological polar surface area (TPSA) is 202 Å². The second kappa shape index (κ2) is 7.70. The van der Waals surface area contributed by atoms with E-state index < -0.39 is 59.4 Å². The summed E-state index contributed by atoms with van der Waals surface area (Å²) in [5.74, 6) is -5.99. The second-order valence-corrected chi connectivity index (χ2v) is 4.61. The van der Waals surface area contributed by atoms with Crippen molar-refractivity contribution in [1.82, 2.24) is 0 Å². The van der Waals surface area contributed by atoms with Crippen LogP contribution in [0.5, 0.6) is 11.5 Å². The molecule has 0 saturated carbocycles. The van der Waals surface area contributed by atoms with E-state index in [2.05, 4.69) is 4.74 Å². The molecule has 11 nitrogen and oxygen atoms in total. The number of aliphatic hydroxyl groups excluding tert-OH is 4. The summed E-state index contributed by atoms with van der Waals surface area (Å²) in [4.78, 5) is 32.9. The van der Waals surface area contributed by atoms with E-state index in [9.17, 15) is 34.8 Å². The maximum absolute atomic E-state index is 11.6. The standard InChI is InChI=1S/C13H14O11/c14-6-2-1-4(3-5(6)11(19)20)24-13(23)10(18)8(16)7(15)9(17)12(21)22/h1-3,7-10,14-18H,(H,19,20)(H,21,22)/t7-,8+,9+,10-/m0/s1. The first-order chi connectivity index (χ1) is 11.1. The van der Waals surface area contributed by atoms with Crippen LogP contribution in [0.2, 0.25) is 0 Å². The SMILES string of the molecule is O=C(O)c1cc(OC(=O)[C@@H](O)[C@H](O)[C@H](O)[C@@H](O)C(=O)O)ccc1O. The molecule has 0 amide bonds. The summed E-state index contributed by atoms with van der Waals surface area (Å²) >= 11 is 0. The number of hydrogen-bond donors (Lipinski definition) is 7. The number of aromatic carboxylic acids is 1. The number of hydrogen-bond acceptors (Lipinski definition) is 9. The van der Waals surface area contributed by atoms with Crippen LogP contribution in [0.3, 0.4) is 0 Å². The number of aliphatic carboxylic acids is 1. The molecule has 0 fully saturated rings. The third-order valence-corrected chi connectivity index (χ3v) is 2.91. The molecule has 4 atom stereocenters. The summed E-state index contributed by atoms with van der Waals surface area (Å²) in [6.07, 6.45) is -9.68. The maximum Gasteiger partial charge on any atom is 0.343 e. The highest BCUT2D eigenvalue weighted by Gasteiger charge is 2.38. The molecule has 0 aliphatic carbocycles. The van der Waals surface area contributed by atoms with Crippen molar-refractivity contribution in [3.05, 3.63) is 23.8 Å². The maximum atomic E-state index is 11.6. The Balaban J connectivity index is 2.85. The van der Waals surface area contributed by atoms with Crippen LogP contribution in [0.4, 0.5) is 0 Å². The Morgan fingerprint density at radius 3 is 1.96 bits per heavy atom. The van der Waals surface area contributed by atoms with Gasteiger partial charge >= 0.3 is 17.9 Å². The zero-order chi connectivity index (χ0) is 18.6. The van der Waals surface area contributed by atoms with Crippen LogP contribution in [0.15, 0.2) is 18.2 Å². The van der Waals surface area contributed by atoms with Crippen molar-refractivity contribution in [2.45, 2.75) is 24.4 Å². The van der Waals surface area contributed by atoms with Gasteiger partial charge in [-0.15, -0.1) is 0 Å². The van der Waals surface area contributed by atoms with Crippen LogP contribution in [-0.2, 0) is 9.59 Å². The predicted molar refractivity (Wildman–Crippen MR) is 72.4 cm³/mol. The van der Waals surface area contributed by atoms with Crippen molar-refractivity contribution in [3.8, 4) is 11.5 Å². The Labute approximate surface area is 133 Å². The first-order valence-electron chi connectivity index (χ1n) is 6.29. The molecular weight excluding hydrogens is 332 g/mol. The highest BCUT2D eigenvalue weighted by molar-refractivity contribution is 5.91. The molecule has 0 aromatic heterocycles. The van der Waals surface area contributed by atoms with E-state index in [0.717, 1.165) is 18.2 Å². The van der Waals surface area contributed by atoms with E-state index in [1.807, 2.05) is 0 Å². The number of esters is 1.